The molecule has 1 aromatic heterocycles. The number of anilines is 2. The van der Waals surface area contributed by atoms with Crippen molar-refractivity contribution in [2.24, 2.45) is 11.7 Å². The predicted molar refractivity (Wildman–Crippen MR) is 90.0 cm³/mol. The molecule has 1 aliphatic heterocycles. The first-order valence-electron chi connectivity index (χ1n) is 7.65. The largest absolute Gasteiger partial charge is 0.443 e. The average Bonchev–Trinajstić information content (AvgIpc) is 2.96. The van der Waals surface area contributed by atoms with Crippen LogP contribution in [0, 0.1) is 11.7 Å². The van der Waals surface area contributed by atoms with Gasteiger partial charge in [0.15, 0.2) is 0 Å². The van der Waals surface area contributed by atoms with Gasteiger partial charge in [0.25, 0.3) is 0 Å². The molecular formula is C17H17FN4O3. The Morgan fingerprint density at radius 2 is 2.16 bits per heavy atom. The van der Waals surface area contributed by atoms with Crippen molar-refractivity contribution in [3.63, 3.8) is 0 Å². The third-order valence-electron chi connectivity index (χ3n) is 4.20. The van der Waals surface area contributed by atoms with Gasteiger partial charge in [0.1, 0.15) is 17.7 Å². The van der Waals surface area contributed by atoms with Crippen LogP contribution in [0.5, 0.6) is 0 Å². The van der Waals surface area contributed by atoms with Crippen LogP contribution in [0.4, 0.5) is 20.7 Å². The Labute approximate surface area is 143 Å². The molecule has 2 heterocycles. The minimum atomic E-state index is -0.658. The Morgan fingerprint density at radius 3 is 2.76 bits per heavy atom. The molecule has 0 bridgehead atoms. The van der Waals surface area contributed by atoms with E-state index in [2.05, 4.69) is 4.98 Å². The number of cyclic esters (lactones) is 1. The first-order valence-corrected chi connectivity index (χ1v) is 7.65. The van der Waals surface area contributed by atoms with Gasteiger partial charge in [0.2, 0.25) is 5.91 Å². The molecule has 8 heteroatoms. The Morgan fingerprint density at radius 1 is 1.40 bits per heavy atom. The SMILES string of the molecule is CC(C(N)=O)C1CN(c2ccc(-c3ccc(N)nc3)c(F)c2)C(=O)O1. The molecule has 7 nitrogen and oxygen atoms in total. The van der Waals surface area contributed by atoms with Crippen molar-refractivity contribution in [1.29, 1.82) is 0 Å². The van der Waals surface area contributed by atoms with Crippen LogP contribution >= 0.6 is 0 Å². The second-order valence-electron chi connectivity index (χ2n) is 5.86. The second kappa shape index (κ2) is 6.39. The number of carbonyl (C=O) groups is 2. The number of carbonyl (C=O) groups excluding carboxylic acids is 2. The summed E-state index contributed by atoms with van der Waals surface area (Å²) >= 11 is 0. The number of rotatable bonds is 4. The van der Waals surface area contributed by atoms with Crippen LogP contribution in [0.3, 0.4) is 0 Å². The molecule has 0 saturated carbocycles. The topological polar surface area (TPSA) is 112 Å². The summed E-state index contributed by atoms with van der Waals surface area (Å²) in [5.41, 5.74) is 12.0. The van der Waals surface area contributed by atoms with Gasteiger partial charge in [-0.3, -0.25) is 9.69 Å². The highest BCUT2D eigenvalue weighted by atomic mass is 19.1. The fourth-order valence-electron chi connectivity index (χ4n) is 2.61. The summed E-state index contributed by atoms with van der Waals surface area (Å²) in [6.07, 6.45) is 0.177. The predicted octanol–water partition coefficient (Wildman–Crippen LogP) is 1.92. The zero-order valence-corrected chi connectivity index (χ0v) is 13.5. The lowest BCUT2D eigenvalue weighted by Crippen LogP contribution is -2.34. The van der Waals surface area contributed by atoms with E-state index in [9.17, 15) is 14.0 Å². The molecule has 1 fully saturated rings. The van der Waals surface area contributed by atoms with E-state index >= 15 is 0 Å². The van der Waals surface area contributed by atoms with Gasteiger partial charge in [-0.15, -0.1) is 0 Å². The first kappa shape index (κ1) is 16.7. The van der Waals surface area contributed by atoms with Crippen molar-refractivity contribution in [1.82, 2.24) is 4.98 Å². The monoisotopic (exact) mass is 344 g/mol. The highest BCUT2D eigenvalue weighted by Crippen LogP contribution is 2.30. The number of hydrogen-bond donors (Lipinski definition) is 2. The van der Waals surface area contributed by atoms with Gasteiger partial charge in [-0.25, -0.2) is 14.2 Å². The molecule has 3 rings (SSSR count). The summed E-state index contributed by atoms with van der Waals surface area (Å²) in [5.74, 6) is -1.35. The molecule has 2 unspecified atom stereocenters. The number of aromatic nitrogens is 1. The van der Waals surface area contributed by atoms with Crippen molar-refractivity contribution < 1.29 is 18.7 Å². The van der Waals surface area contributed by atoms with Crippen molar-refractivity contribution in [2.75, 3.05) is 17.2 Å². The number of nitrogen functional groups attached to an aromatic ring is 1. The maximum atomic E-state index is 14.5. The quantitative estimate of drug-likeness (QED) is 0.880. The number of pyridine rings is 1. The molecule has 1 aliphatic rings. The van der Waals surface area contributed by atoms with E-state index in [0.717, 1.165) is 0 Å². The number of amides is 2. The van der Waals surface area contributed by atoms with Crippen LogP contribution in [-0.4, -0.2) is 29.6 Å². The number of benzene rings is 1. The zero-order chi connectivity index (χ0) is 18.1. The van der Waals surface area contributed by atoms with E-state index in [1.54, 1.807) is 31.2 Å². The van der Waals surface area contributed by atoms with Gasteiger partial charge >= 0.3 is 6.09 Å². The van der Waals surface area contributed by atoms with Gasteiger partial charge in [-0.1, -0.05) is 0 Å². The van der Waals surface area contributed by atoms with Gasteiger partial charge in [0, 0.05) is 17.3 Å². The van der Waals surface area contributed by atoms with Crippen LogP contribution in [0.25, 0.3) is 11.1 Å². The van der Waals surface area contributed by atoms with Crippen LogP contribution in [0.2, 0.25) is 0 Å². The van der Waals surface area contributed by atoms with Crippen LogP contribution in [-0.2, 0) is 9.53 Å². The summed E-state index contributed by atoms with van der Waals surface area (Å²) in [5, 5.41) is 0. The fourth-order valence-corrected chi connectivity index (χ4v) is 2.61. The molecule has 2 amide bonds. The minimum Gasteiger partial charge on any atom is -0.443 e. The van der Waals surface area contributed by atoms with Crippen LogP contribution in [0.1, 0.15) is 6.92 Å². The number of ether oxygens (including phenoxy) is 1. The molecule has 25 heavy (non-hydrogen) atoms. The number of halogens is 1. The first-order chi connectivity index (χ1) is 11.9. The van der Waals surface area contributed by atoms with E-state index < -0.39 is 29.8 Å². The summed E-state index contributed by atoms with van der Waals surface area (Å²) in [6, 6.07) is 7.64. The van der Waals surface area contributed by atoms with Crippen LogP contribution in [0.15, 0.2) is 36.5 Å². The van der Waals surface area contributed by atoms with Crippen LogP contribution < -0.4 is 16.4 Å². The third kappa shape index (κ3) is 3.23. The zero-order valence-electron chi connectivity index (χ0n) is 13.5. The van der Waals surface area contributed by atoms with E-state index in [4.69, 9.17) is 16.2 Å². The lowest BCUT2D eigenvalue weighted by molar-refractivity contribution is -0.123. The lowest BCUT2D eigenvalue weighted by atomic mass is 10.0. The van der Waals surface area contributed by atoms with Crippen molar-refractivity contribution in [2.45, 2.75) is 13.0 Å². The van der Waals surface area contributed by atoms with Gasteiger partial charge in [-0.2, -0.15) is 0 Å². The minimum absolute atomic E-state index is 0.130. The molecule has 2 atom stereocenters. The maximum Gasteiger partial charge on any atom is 0.414 e. The fraction of sp³-hybridized carbons (Fsp3) is 0.235. The highest BCUT2D eigenvalue weighted by Gasteiger charge is 2.37. The normalized spacial score (nSPS) is 18.1. The van der Waals surface area contributed by atoms with E-state index in [-0.39, 0.29) is 6.54 Å². The molecule has 4 N–H and O–H groups in total. The average molecular weight is 344 g/mol. The summed E-state index contributed by atoms with van der Waals surface area (Å²) in [4.78, 5) is 28.5. The lowest BCUT2D eigenvalue weighted by Gasteiger charge is -2.15. The highest BCUT2D eigenvalue weighted by molar-refractivity contribution is 5.91. The Kier molecular flexibility index (Phi) is 4.26. The number of nitrogens with zero attached hydrogens (tertiary/aromatic N) is 2. The molecular weight excluding hydrogens is 327 g/mol. The van der Waals surface area contributed by atoms with Crippen molar-refractivity contribution in [3.8, 4) is 11.1 Å². The molecule has 0 spiro atoms. The number of nitrogens with two attached hydrogens (primary N) is 2. The van der Waals surface area contributed by atoms with Crippen molar-refractivity contribution in [3.05, 3.63) is 42.3 Å². The number of primary amides is 1. The number of hydrogen-bond acceptors (Lipinski definition) is 5. The van der Waals surface area contributed by atoms with Gasteiger partial charge in [0.05, 0.1) is 18.2 Å². The Hall–Kier alpha value is -3.16. The maximum absolute atomic E-state index is 14.5. The molecule has 0 aliphatic carbocycles. The van der Waals surface area contributed by atoms with Gasteiger partial charge in [-0.05, 0) is 37.3 Å². The third-order valence-corrected chi connectivity index (χ3v) is 4.20. The molecule has 1 aromatic carbocycles. The van der Waals surface area contributed by atoms with E-state index in [0.29, 0.717) is 22.6 Å². The second-order valence-corrected chi connectivity index (χ2v) is 5.86. The summed E-state index contributed by atoms with van der Waals surface area (Å²) in [6.45, 7) is 1.72. The summed E-state index contributed by atoms with van der Waals surface area (Å²) < 4.78 is 19.6. The van der Waals surface area contributed by atoms with Gasteiger partial charge < -0.3 is 16.2 Å². The van der Waals surface area contributed by atoms with E-state index in [1.165, 1.54) is 17.2 Å². The smallest absolute Gasteiger partial charge is 0.414 e. The van der Waals surface area contributed by atoms with E-state index in [1.807, 2.05) is 0 Å². The molecule has 0 radical (unpaired) electrons. The molecule has 1 saturated heterocycles. The van der Waals surface area contributed by atoms with Crippen molar-refractivity contribution >= 4 is 23.5 Å². The summed E-state index contributed by atoms with van der Waals surface area (Å²) in [7, 11) is 0. The standard InChI is InChI=1S/C17H17FN4O3/c1-9(16(20)23)14-8-22(17(24)25-14)11-3-4-12(13(18)6-11)10-2-5-15(19)21-7-10/h2-7,9,14H,8H2,1H3,(H2,19,21)(H2,20,23). The molecule has 130 valence electrons. The molecule has 2 aromatic rings. The Balaban J connectivity index is 1.84. The Bertz CT molecular complexity index is 825.